The highest BCUT2D eigenvalue weighted by Crippen LogP contribution is 2.37. The molecule has 1 aromatic rings. The minimum absolute atomic E-state index is 0.455. The summed E-state index contributed by atoms with van der Waals surface area (Å²) in [5.41, 5.74) is 0.709. The summed E-state index contributed by atoms with van der Waals surface area (Å²) in [6, 6.07) is 0.455. The Morgan fingerprint density at radius 1 is 1.47 bits per heavy atom. The summed E-state index contributed by atoms with van der Waals surface area (Å²) < 4.78 is 2.05. The Morgan fingerprint density at radius 3 is 3.00 bits per heavy atom. The molecule has 3 unspecified atom stereocenters. The fraction of sp³-hybridized carbons (Fsp3) is 0.667. The molecule has 15 heavy (non-hydrogen) atoms. The topological polar surface area (TPSA) is 34.9 Å². The number of carbonyl (C=O) groups excluding carboxylic acids is 1. The fourth-order valence-corrected chi connectivity index (χ4v) is 2.63. The molecule has 3 atom stereocenters. The van der Waals surface area contributed by atoms with Crippen LogP contribution >= 0.6 is 0 Å². The molecule has 0 saturated heterocycles. The highest BCUT2D eigenvalue weighted by Gasteiger charge is 2.29. The largest absolute Gasteiger partial charge is 0.325 e. The molecule has 1 fully saturated rings. The molecule has 1 aromatic heterocycles. The number of rotatable bonds is 2. The molecule has 1 aliphatic rings. The molecule has 82 valence electrons. The van der Waals surface area contributed by atoms with Crippen molar-refractivity contribution in [2.45, 2.75) is 39.2 Å². The first-order valence-electron chi connectivity index (χ1n) is 5.71. The Kier molecular flexibility index (Phi) is 2.89. The normalized spacial score (nSPS) is 31.5. The average Bonchev–Trinajstić information content (AvgIpc) is 2.70. The molecule has 0 amide bonds. The van der Waals surface area contributed by atoms with Gasteiger partial charge in [0.1, 0.15) is 5.69 Å². The third kappa shape index (κ3) is 1.83. The van der Waals surface area contributed by atoms with Gasteiger partial charge in [-0.25, -0.2) is 4.98 Å². The zero-order valence-corrected chi connectivity index (χ0v) is 9.39. The summed E-state index contributed by atoms with van der Waals surface area (Å²) >= 11 is 0. The second kappa shape index (κ2) is 4.17. The van der Waals surface area contributed by atoms with Gasteiger partial charge in [-0.05, 0) is 18.3 Å². The summed E-state index contributed by atoms with van der Waals surface area (Å²) in [5.74, 6) is 1.37. The highest BCUT2D eigenvalue weighted by atomic mass is 16.1. The van der Waals surface area contributed by atoms with E-state index >= 15 is 0 Å². The van der Waals surface area contributed by atoms with E-state index in [0.717, 1.165) is 12.2 Å². The van der Waals surface area contributed by atoms with Crippen LogP contribution in [0.2, 0.25) is 0 Å². The molecule has 2 rings (SSSR count). The third-order valence-corrected chi connectivity index (χ3v) is 3.84. The SMILES string of the molecule is CC1CCCC(n2cncc2C=O)C1C. The van der Waals surface area contributed by atoms with Crippen LogP contribution in [0.5, 0.6) is 0 Å². The summed E-state index contributed by atoms with van der Waals surface area (Å²) in [6.45, 7) is 4.58. The van der Waals surface area contributed by atoms with Crippen LogP contribution < -0.4 is 0 Å². The van der Waals surface area contributed by atoms with Crippen LogP contribution in [0.4, 0.5) is 0 Å². The summed E-state index contributed by atoms with van der Waals surface area (Å²) in [4.78, 5) is 14.9. The number of hydrogen-bond acceptors (Lipinski definition) is 2. The maximum atomic E-state index is 10.9. The molecule has 0 aromatic carbocycles. The van der Waals surface area contributed by atoms with E-state index in [-0.39, 0.29) is 0 Å². The van der Waals surface area contributed by atoms with E-state index in [0.29, 0.717) is 17.7 Å². The lowest BCUT2D eigenvalue weighted by Crippen LogP contribution is -2.27. The van der Waals surface area contributed by atoms with Crippen LogP contribution in [0.1, 0.15) is 49.6 Å². The van der Waals surface area contributed by atoms with Gasteiger partial charge in [-0.15, -0.1) is 0 Å². The number of aldehydes is 1. The molecule has 0 radical (unpaired) electrons. The maximum absolute atomic E-state index is 10.9. The molecule has 1 heterocycles. The zero-order chi connectivity index (χ0) is 10.8. The van der Waals surface area contributed by atoms with Crippen LogP contribution in [-0.2, 0) is 0 Å². The Hall–Kier alpha value is -1.12. The molecule has 0 spiro atoms. The van der Waals surface area contributed by atoms with Crippen LogP contribution in [-0.4, -0.2) is 15.8 Å². The van der Waals surface area contributed by atoms with Gasteiger partial charge in [0.15, 0.2) is 6.29 Å². The second-order valence-corrected chi connectivity index (χ2v) is 4.68. The molecule has 3 nitrogen and oxygen atoms in total. The first kappa shape index (κ1) is 10.4. The van der Waals surface area contributed by atoms with E-state index in [4.69, 9.17) is 0 Å². The minimum Gasteiger partial charge on any atom is -0.325 e. The predicted molar refractivity (Wildman–Crippen MR) is 58.8 cm³/mol. The Morgan fingerprint density at radius 2 is 2.27 bits per heavy atom. The number of nitrogens with zero attached hydrogens (tertiary/aromatic N) is 2. The molecular weight excluding hydrogens is 188 g/mol. The monoisotopic (exact) mass is 206 g/mol. The van der Waals surface area contributed by atoms with Crippen LogP contribution in [0.25, 0.3) is 0 Å². The molecule has 1 aliphatic carbocycles. The van der Waals surface area contributed by atoms with Gasteiger partial charge < -0.3 is 4.57 Å². The highest BCUT2D eigenvalue weighted by molar-refractivity contribution is 5.71. The van der Waals surface area contributed by atoms with Crippen molar-refractivity contribution in [1.29, 1.82) is 0 Å². The lowest BCUT2D eigenvalue weighted by molar-refractivity contribution is 0.110. The van der Waals surface area contributed by atoms with E-state index in [2.05, 4.69) is 18.8 Å². The van der Waals surface area contributed by atoms with Crippen LogP contribution in [0.15, 0.2) is 12.5 Å². The Labute approximate surface area is 90.5 Å². The molecule has 0 aliphatic heterocycles. The van der Waals surface area contributed by atoms with Crippen molar-refractivity contribution >= 4 is 6.29 Å². The lowest BCUT2D eigenvalue weighted by atomic mass is 9.78. The van der Waals surface area contributed by atoms with Gasteiger partial charge in [-0.2, -0.15) is 0 Å². The van der Waals surface area contributed by atoms with Crippen molar-refractivity contribution in [3.05, 3.63) is 18.2 Å². The van der Waals surface area contributed by atoms with Crippen LogP contribution in [0.3, 0.4) is 0 Å². The van der Waals surface area contributed by atoms with Crippen molar-refractivity contribution < 1.29 is 4.79 Å². The van der Waals surface area contributed by atoms with E-state index < -0.39 is 0 Å². The second-order valence-electron chi connectivity index (χ2n) is 4.68. The van der Waals surface area contributed by atoms with Gasteiger partial charge in [-0.3, -0.25) is 4.79 Å². The first-order chi connectivity index (χ1) is 7.24. The quantitative estimate of drug-likeness (QED) is 0.697. The molecule has 0 N–H and O–H groups in total. The summed E-state index contributed by atoms with van der Waals surface area (Å²) in [6.07, 6.45) is 8.08. The van der Waals surface area contributed by atoms with Gasteiger partial charge in [0.2, 0.25) is 0 Å². The van der Waals surface area contributed by atoms with Gasteiger partial charge in [-0.1, -0.05) is 26.7 Å². The van der Waals surface area contributed by atoms with Crippen molar-refractivity contribution in [3.8, 4) is 0 Å². The molecule has 0 bridgehead atoms. The minimum atomic E-state index is 0.455. The standard InChI is InChI=1S/C12H18N2O/c1-9-4-3-5-12(10(9)2)14-8-13-6-11(14)7-15/h6-10,12H,3-5H2,1-2H3. The lowest BCUT2D eigenvalue weighted by Gasteiger charge is -2.35. The summed E-state index contributed by atoms with van der Waals surface area (Å²) in [5, 5.41) is 0. The molecule has 3 heteroatoms. The van der Waals surface area contributed by atoms with Gasteiger partial charge in [0.05, 0.1) is 12.5 Å². The molecular formula is C12H18N2O. The van der Waals surface area contributed by atoms with Gasteiger partial charge in [0.25, 0.3) is 0 Å². The van der Waals surface area contributed by atoms with Crippen molar-refractivity contribution in [1.82, 2.24) is 9.55 Å². The van der Waals surface area contributed by atoms with Crippen LogP contribution in [0, 0.1) is 11.8 Å². The van der Waals surface area contributed by atoms with E-state index in [1.165, 1.54) is 19.3 Å². The van der Waals surface area contributed by atoms with E-state index in [9.17, 15) is 4.79 Å². The zero-order valence-electron chi connectivity index (χ0n) is 9.39. The van der Waals surface area contributed by atoms with Crippen molar-refractivity contribution in [2.75, 3.05) is 0 Å². The Balaban J connectivity index is 2.25. The van der Waals surface area contributed by atoms with Crippen molar-refractivity contribution in [3.63, 3.8) is 0 Å². The Bertz CT molecular complexity index is 345. The van der Waals surface area contributed by atoms with Crippen molar-refractivity contribution in [2.24, 2.45) is 11.8 Å². The number of imidazole rings is 1. The number of carbonyl (C=O) groups is 1. The van der Waals surface area contributed by atoms with Gasteiger partial charge >= 0.3 is 0 Å². The first-order valence-corrected chi connectivity index (χ1v) is 5.71. The number of hydrogen-bond donors (Lipinski definition) is 0. The van der Waals surface area contributed by atoms with Gasteiger partial charge in [0, 0.05) is 6.04 Å². The maximum Gasteiger partial charge on any atom is 0.168 e. The summed E-state index contributed by atoms with van der Waals surface area (Å²) in [7, 11) is 0. The van der Waals surface area contributed by atoms with E-state index in [1.54, 1.807) is 12.5 Å². The van der Waals surface area contributed by atoms with E-state index in [1.807, 2.05) is 4.57 Å². The smallest absolute Gasteiger partial charge is 0.168 e. The average molecular weight is 206 g/mol. The predicted octanol–water partition coefficient (Wildman–Crippen LogP) is 2.69. The number of aromatic nitrogens is 2. The molecule has 1 saturated carbocycles. The third-order valence-electron chi connectivity index (χ3n) is 3.84. The fourth-order valence-electron chi connectivity index (χ4n) is 2.63.